The molecule has 0 spiro atoms. The van der Waals surface area contributed by atoms with Crippen molar-refractivity contribution in [1.29, 1.82) is 0 Å². The van der Waals surface area contributed by atoms with Crippen LogP contribution in [0.15, 0.2) is 22.7 Å². The lowest BCUT2D eigenvalue weighted by atomic mass is 9.91. The second-order valence-electron chi connectivity index (χ2n) is 4.24. The fraction of sp³-hybridized carbons (Fsp3) is 0.462. The van der Waals surface area contributed by atoms with Gasteiger partial charge in [0.1, 0.15) is 11.6 Å². The number of hydrogen-bond acceptors (Lipinski definition) is 2. The van der Waals surface area contributed by atoms with Crippen LogP contribution in [0.4, 0.5) is 4.39 Å². The first kappa shape index (κ1) is 12.7. The summed E-state index contributed by atoms with van der Waals surface area (Å²) in [7, 11) is 0. The largest absolute Gasteiger partial charge is 0.381 e. The number of rotatable bonds is 3. The minimum absolute atomic E-state index is 0.0684. The molecule has 0 saturated carbocycles. The monoisotopic (exact) mass is 300 g/mol. The van der Waals surface area contributed by atoms with Gasteiger partial charge < -0.3 is 4.74 Å². The second-order valence-corrected chi connectivity index (χ2v) is 5.04. The van der Waals surface area contributed by atoms with Gasteiger partial charge in [-0.15, -0.1) is 0 Å². The predicted octanol–water partition coefficient (Wildman–Crippen LogP) is 3.13. The molecular weight excluding hydrogens is 287 g/mol. The zero-order chi connectivity index (χ0) is 12.3. The average Bonchev–Trinajstić information content (AvgIpc) is 2.36. The molecule has 0 aliphatic carbocycles. The normalized spacial score (nSPS) is 17.1. The van der Waals surface area contributed by atoms with Crippen LogP contribution >= 0.6 is 15.9 Å². The van der Waals surface area contributed by atoms with E-state index in [2.05, 4.69) is 15.9 Å². The van der Waals surface area contributed by atoms with E-state index in [9.17, 15) is 9.18 Å². The van der Waals surface area contributed by atoms with Gasteiger partial charge in [0, 0.05) is 25.6 Å². The molecule has 17 heavy (non-hydrogen) atoms. The Kier molecular flexibility index (Phi) is 4.29. The summed E-state index contributed by atoms with van der Waals surface area (Å²) in [6, 6.07) is 4.80. The second kappa shape index (κ2) is 5.74. The van der Waals surface area contributed by atoms with Crippen molar-refractivity contribution in [3.63, 3.8) is 0 Å². The third-order valence-corrected chi connectivity index (χ3v) is 3.96. The number of benzene rings is 1. The molecule has 0 atom stereocenters. The van der Waals surface area contributed by atoms with Gasteiger partial charge in [0.2, 0.25) is 0 Å². The highest BCUT2D eigenvalue weighted by molar-refractivity contribution is 9.10. The summed E-state index contributed by atoms with van der Waals surface area (Å²) >= 11 is 3.18. The minimum Gasteiger partial charge on any atom is -0.381 e. The predicted molar refractivity (Wildman–Crippen MR) is 66.4 cm³/mol. The van der Waals surface area contributed by atoms with Gasteiger partial charge >= 0.3 is 0 Å². The molecule has 92 valence electrons. The molecule has 0 amide bonds. The molecule has 1 heterocycles. The average molecular weight is 301 g/mol. The Morgan fingerprint density at radius 1 is 1.41 bits per heavy atom. The molecule has 1 aromatic rings. The van der Waals surface area contributed by atoms with E-state index in [1.807, 2.05) is 0 Å². The number of ketones is 1. The van der Waals surface area contributed by atoms with E-state index in [-0.39, 0.29) is 17.5 Å². The van der Waals surface area contributed by atoms with Gasteiger partial charge in [-0.05, 0) is 40.4 Å². The topological polar surface area (TPSA) is 26.3 Å². The molecule has 1 fully saturated rings. The highest BCUT2D eigenvalue weighted by Gasteiger charge is 2.22. The van der Waals surface area contributed by atoms with E-state index in [1.165, 1.54) is 6.07 Å². The fourth-order valence-corrected chi connectivity index (χ4v) is 2.44. The summed E-state index contributed by atoms with van der Waals surface area (Å²) < 4.78 is 18.9. The van der Waals surface area contributed by atoms with Crippen molar-refractivity contribution in [2.24, 2.45) is 5.92 Å². The first-order chi connectivity index (χ1) is 8.18. The lowest BCUT2D eigenvalue weighted by Crippen LogP contribution is -2.24. The van der Waals surface area contributed by atoms with Crippen molar-refractivity contribution in [1.82, 2.24) is 0 Å². The summed E-state index contributed by atoms with van der Waals surface area (Å²) in [5.41, 5.74) is 0.724. The van der Waals surface area contributed by atoms with Gasteiger partial charge in [-0.2, -0.15) is 0 Å². The third-order valence-electron chi connectivity index (χ3n) is 3.07. The Morgan fingerprint density at radius 3 is 2.82 bits per heavy atom. The molecule has 0 radical (unpaired) electrons. The van der Waals surface area contributed by atoms with Crippen molar-refractivity contribution in [3.8, 4) is 0 Å². The Labute approximate surface area is 108 Å². The first-order valence-corrected chi connectivity index (χ1v) is 6.51. The van der Waals surface area contributed by atoms with E-state index in [0.29, 0.717) is 24.1 Å². The van der Waals surface area contributed by atoms with Crippen LogP contribution in [0.3, 0.4) is 0 Å². The smallest absolute Gasteiger partial charge is 0.140 e. The number of ether oxygens (including phenoxy) is 1. The molecule has 0 aromatic heterocycles. The Balaban J connectivity index is 2.04. The zero-order valence-electron chi connectivity index (χ0n) is 9.42. The molecule has 4 heteroatoms. The van der Waals surface area contributed by atoms with Gasteiger partial charge in [-0.25, -0.2) is 4.39 Å². The van der Waals surface area contributed by atoms with Crippen molar-refractivity contribution in [2.75, 3.05) is 13.2 Å². The van der Waals surface area contributed by atoms with Gasteiger partial charge in [0.25, 0.3) is 0 Å². The molecule has 1 aliphatic heterocycles. The lowest BCUT2D eigenvalue weighted by molar-refractivity contribution is -0.125. The van der Waals surface area contributed by atoms with Crippen LogP contribution < -0.4 is 0 Å². The Hall–Kier alpha value is -0.740. The highest BCUT2D eigenvalue weighted by Crippen LogP contribution is 2.24. The molecule has 0 unspecified atom stereocenters. The van der Waals surface area contributed by atoms with Gasteiger partial charge in [0.05, 0.1) is 4.47 Å². The maximum absolute atomic E-state index is 13.3. The molecule has 1 saturated heterocycles. The fourth-order valence-electron chi connectivity index (χ4n) is 2.04. The first-order valence-electron chi connectivity index (χ1n) is 5.72. The van der Waals surface area contributed by atoms with Crippen LogP contribution in [0.25, 0.3) is 0 Å². The zero-order valence-corrected chi connectivity index (χ0v) is 11.0. The van der Waals surface area contributed by atoms with E-state index in [0.717, 1.165) is 18.4 Å². The van der Waals surface area contributed by atoms with Crippen molar-refractivity contribution >= 4 is 21.7 Å². The molecular formula is C13H14BrFO2. The van der Waals surface area contributed by atoms with Crippen LogP contribution in [0.5, 0.6) is 0 Å². The van der Waals surface area contributed by atoms with Crippen LogP contribution in [0.1, 0.15) is 18.4 Å². The lowest BCUT2D eigenvalue weighted by Gasteiger charge is -2.21. The SMILES string of the molecule is O=C(Cc1cccc(F)c1Br)C1CCOCC1. The summed E-state index contributed by atoms with van der Waals surface area (Å²) in [5, 5.41) is 0. The van der Waals surface area contributed by atoms with Gasteiger partial charge in [0.15, 0.2) is 0 Å². The summed E-state index contributed by atoms with van der Waals surface area (Å²) in [6.07, 6.45) is 1.86. The maximum Gasteiger partial charge on any atom is 0.140 e. The number of halogens is 2. The van der Waals surface area contributed by atoms with Gasteiger partial charge in [-0.1, -0.05) is 12.1 Å². The molecule has 2 nitrogen and oxygen atoms in total. The van der Waals surface area contributed by atoms with Crippen molar-refractivity contribution in [3.05, 3.63) is 34.1 Å². The molecule has 1 aromatic carbocycles. The summed E-state index contributed by atoms with van der Waals surface area (Å²) in [6.45, 7) is 1.31. The Morgan fingerprint density at radius 2 is 2.12 bits per heavy atom. The number of carbonyl (C=O) groups excluding carboxylic acids is 1. The third kappa shape index (κ3) is 3.13. The van der Waals surface area contributed by atoms with E-state index in [1.54, 1.807) is 12.1 Å². The van der Waals surface area contributed by atoms with Crippen LogP contribution in [0.2, 0.25) is 0 Å². The quantitative estimate of drug-likeness (QED) is 0.857. The molecule has 0 N–H and O–H groups in total. The number of hydrogen-bond donors (Lipinski definition) is 0. The maximum atomic E-state index is 13.3. The summed E-state index contributed by atoms with van der Waals surface area (Å²) in [5.74, 6) is -0.0687. The summed E-state index contributed by atoms with van der Waals surface area (Å²) in [4.78, 5) is 12.0. The molecule has 2 rings (SSSR count). The molecule has 0 bridgehead atoms. The standard InChI is InChI=1S/C13H14BrFO2/c14-13-10(2-1-3-11(13)15)8-12(16)9-4-6-17-7-5-9/h1-3,9H,4-8H2. The van der Waals surface area contributed by atoms with Crippen LogP contribution in [-0.4, -0.2) is 19.0 Å². The molecule has 1 aliphatic rings. The van der Waals surface area contributed by atoms with Gasteiger partial charge in [-0.3, -0.25) is 4.79 Å². The van der Waals surface area contributed by atoms with Crippen molar-refractivity contribution < 1.29 is 13.9 Å². The van der Waals surface area contributed by atoms with Crippen molar-refractivity contribution in [2.45, 2.75) is 19.3 Å². The van der Waals surface area contributed by atoms with Crippen LogP contribution in [-0.2, 0) is 16.0 Å². The van der Waals surface area contributed by atoms with E-state index in [4.69, 9.17) is 4.74 Å². The highest BCUT2D eigenvalue weighted by atomic mass is 79.9. The number of carbonyl (C=O) groups is 1. The van der Waals surface area contributed by atoms with E-state index >= 15 is 0 Å². The Bertz CT molecular complexity index is 414. The number of Topliss-reactive ketones (excluding diaryl/α,β-unsaturated/α-hetero) is 1. The van der Waals surface area contributed by atoms with E-state index < -0.39 is 0 Å². The minimum atomic E-state index is -0.317. The van der Waals surface area contributed by atoms with Crippen LogP contribution in [0, 0.1) is 11.7 Å².